The van der Waals surface area contributed by atoms with E-state index in [9.17, 15) is 28.5 Å². The number of hydroxylamine groups is 2. The Morgan fingerprint density at radius 3 is 2.00 bits per heavy atom. The zero-order chi connectivity index (χ0) is 45.8. The maximum absolute atomic E-state index is 14.9. The maximum atomic E-state index is 14.9. The number of piperazine rings is 1. The van der Waals surface area contributed by atoms with Gasteiger partial charge < -0.3 is 38.9 Å². The number of carbonyl (C=O) groups is 5. The quantitative estimate of drug-likeness (QED) is 0.0636. The lowest BCUT2D eigenvalue weighted by atomic mass is 9.97. The van der Waals surface area contributed by atoms with E-state index in [2.05, 4.69) is 10.3 Å². The minimum Gasteiger partial charge on any atom is -0.435 e. The summed E-state index contributed by atoms with van der Waals surface area (Å²) in [6.07, 6.45) is -2.42. The first kappa shape index (κ1) is 50.0. The molecule has 1 aromatic heterocycles. The molecule has 2 saturated heterocycles. The zero-order valence-corrected chi connectivity index (χ0v) is 38.4. The van der Waals surface area contributed by atoms with Crippen LogP contribution in [0.25, 0.3) is 11.4 Å². The van der Waals surface area contributed by atoms with Gasteiger partial charge in [0.15, 0.2) is 5.82 Å². The standard InChI is InChI=1S/C42H63N6O13P/c1-11-12-24-56-40(53)59-48-22-20-46(21-23-48)37(50)33(27-62(54,60-28(2)57-38(51)41(4,5)6)61-29(3)58-39(52)42(7,8)9)44-36(49)32-25-34(47-19-18-31(26-47)55-10)45-35(43-32)30-16-14-13-15-17-30/h13-17,25,28-29,31,33H,11-12,18-24,26-27H2,1-10H3,(H,44,49)/t28-,29?,31+,33?,62?/m1/s1. The van der Waals surface area contributed by atoms with Gasteiger partial charge in [0.2, 0.25) is 18.5 Å². The van der Waals surface area contributed by atoms with E-state index in [1.165, 1.54) is 29.9 Å². The van der Waals surface area contributed by atoms with Crippen LogP contribution in [0.15, 0.2) is 36.4 Å². The summed E-state index contributed by atoms with van der Waals surface area (Å²) >= 11 is 0. The number of anilines is 1. The molecule has 19 nitrogen and oxygen atoms in total. The molecule has 2 aliphatic heterocycles. The van der Waals surface area contributed by atoms with Crippen molar-refractivity contribution in [1.29, 1.82) is 0 Å². The second kappa shape index (κ2) is 22.1. The molecule has 0 aliphatic carbocycles. The first-order chi connectivity index (χ1) is 29.1. The molecular weight excluding hydrogens is 827 g/mol. The lowest BCUT2D eigenvalue weighted by Gasteiger charge is -2.36. The van der Waals surface area contributed by atoms with E-state index < -0.39 is 73.1 Å². The number of carbonyl (C=O) groups excluding carboxylic acids is 5. The fourth-order valence-corrected chi connectivity index (χ4v) is 8.02. The van der Waals surface area contributed by atoms with Crippen LogP contribution in [-0.2, 0) is 51.8 Å². The van der Waals surface area contributed by atoms with Crippen molar-refractivity contribution in [3.63, 3.8) is 0 Å². The topological polar surface area (TPSA) is 215 Å². The highest BCUT2D eigenvalue weighted by atomic mass is 31.2. The molecule has 0 saturated carbocycles. The highest BCUT2D eigenvalue weighted by Crippen LogP contribution is 2.52. The molecule has 1 aromatic carbocycles. The van der Waals surface area contributed by atoms with Crippen molar-refractivity contribution in [3.05, 3.63) is 42.1 Å². The maximum Gasteiger partial charge on any atom is 0.527 e. The molecule has 5 atom stereocenters. The number of esters is 2. The van der Waals surface area contributed by atoms with Gasteiger partial charge in [-0.3, -0.25) is 32.8 Å². The average Bonchev–Trinajstić information content (AvgIpc) is 3.70. The molecule has 62 heavy (non-hydrogen) atoms. The van der Waals surface area contributed by atoms with E-state index in [1.54, 1.807) is 60.8 Å². The van der Waals surface area contributed by atoms with Gasteiger partial charge in [0.05, 0.1) is 42.8 Å². The number of methoxy groups -OCH3 is 1. The van der Waals surface area contributed by atoms with Crippen molar-refractivity contribution in [1.82, 2.24) is 25.2 Å². The van der Waals surface area contributed by atoms with Gasteiger partial charge in [-0.2, -0.15) is 0 Å². The van der Waals surface area contributed by atoms with E-state index in [0.717, 1.165) is 12.8 Å². The molecule has 3 unspecified atom stereocenters. The lowest BCUT2D eigenvalue weighted by Crippen LogP contribution is -2.56. The van der Waals surface area contributed by atoms with Gasteiger partial charge in [-0.1, -0.05) is 43.7 Å². The van der Waals surface area contributed by atoms with Crippen LogP contribution >= 0.6 is 7.60 Å². The van der Waals surface area contributed by atoms with Crippen LogP contribution in [-0.4, -0.2) is 134 Å². The van der Waals surface area contributed by atoms with Crippen LogP contribution < -0.4 is 10.2 Å². The first-order valence-electron chi connectivity index (χ1n) is 20.9. The summed E-state index contributed by atoms with van der Waals surface area (Å²) in [6, 6.07) is 8.96. The molecule has 0 bridgehead atoms. The predicted molar refractivity (Wildman–Crippen MR) is 227 cm³/mol. The van der Waals surface area contributed by atoms with Crippen molar-refractivity contribution in [2.24, 2.45) is 10.8 Å². The van der Waals surface area contributed by atoms with Gasteiger partial charge in [-0.15, -0.1) is 5.06 Å². The summed E-state index contributed by atoms with van der Waals surface area (Å²) in [4.78, 5) is 85.0. The summed E-state index contributed by atoms with van der Waals surface area (Å²) in [7, 11) is -3.03. The molecule has 4 rings (SSSR count). The number of nitrogens with zero attached hydrogens (tertiary/aromatic N) is 5. The molecule has 344 valence electrons. The number of hydrogen-bond donors (Lipinski definition) is 1. The SMILES string of the molecule is CCCCOC(=O)ON1CCN(C(=O)C(CP(=O)(OC(C)OC(=O)C(C)(C)C)O[C@H](C)OC(=O)C(C)(C)C)NC(=O)c2cc(N3CC[C@H](OC)C3)nc(-c3ccccc3)n2)CC1. The van der Waals surface area contributed by atoms with E-state index in [4.69, 9.17) is 37.8 Å². The van der Waals surface area contributed by atoms with Crippen molar-refractivity contribution in [2.75, 3.05) is 64.0 Å². The molecule has 0 spiro atoms. The second-order valence-corrected chi connectivity index (χ2v) is 19.2. The number of rotatable bonds is 18. The van der Waals surface area contributed by atoms with E-state index >= 15 is 0 Å². The van der Waals surface area contributed by atoms with Crippen LogP contribution in [0.4, 0.5) is 10.6 Å². The van der Waals surface area contributed by atoms with Gasteiger partial charge in [0.1, 0.15) is 17.6 Å². The number of benzene rings is 1. The Kier molecular flexibility index (Phi) is 17.8. The normalized spacial score (nSPS) is 18.5. The number of hydrogen-bond acceptors (Lipinski definition) is 17. The third-order valence-electron chi connectivity index (χ3n) is 9.65. The second-order valence-electron chi connectivity index (χ2n) is 17.2. The van der Waals surface area contributed by atoms with Crippen LogP contribution in [0.5, 0.6) is 0 Å². The fraction of sp³-hybridized carbons (Fsp3) is 0.643. The third kappa shape index (κ3) is 15.0. The molecule has 20 heteroatoms. The molecule has 0 radical (unpaired) electrons. The lowest BCUT2D eigenvalue weighted by molar-refractivity contribution is -0.177. The predicted octanol–water partition coefficient (Wildman–Crippen LogP) is 5.58. The van der Waals surface area contributed by atoms with Crippen molar-refractivity contribution in [2.45, 2.75) is 106 Å². The Labute approximate surface area is 363 Å². The number of amides is 2. The van der Waals surface area contributed by atoms with Gasteiger partial charge in [-0.05, 0) is 68.2 Å². The number of unbranched alkanes of at least 4 members (excludes halogenated alkanes) is 1. The Balaban J connectivity index is 1.70. The minimum atomic E-state index is -4.66. The number of aromatic nitrogens is 2. The van der Waals surface area contributed by atoms with Gasteiger partial charge in [-0.25, -0.2) is 14.8 Å². The highest BCUT2D eigenvalue weighted by Gasteiger charge is 2.42. The number of ether oxygens (including phenoxy) is 4. The fourth-order valence-electron chi connectivity index (χ4n) is 6.11. The third-order valence-corrected chi connectivity index (χ3v) is 11.7. The van der Waals surface area contributed by atoms with Crippen LogP contribution in [0.1, 0.15) is 92.1 Å². The summed E-state index contributed by atoms with van der Waals surface area (Å²) in [6.45, 7) is 15.9. The molecule has 2 aromatic rings. The van der Waals surface area contributed by atoms with Crippen LogP contribution in [0, 0.1) is 10.8 Å². The zero-order valence-electron chi connectivity index (χ0n) is 37.5. The van der Waals surface area contributed by atoms with Crippen molar-refractivity contribution >= 4 is 43.3 Å². The molecular formula is C42H63N6O13P. The van der Waals surface area contributed by atoms with Gasteiger partial charge >= 0.3 is 25.7 Å². The van der Waals surface area contributed by atoms with E-state index in [0.29, 0.717) is 30.9 Å². The van der Waals surface area contributed by atoms with Gasteiger partial charge in [0.25, 0.3) is 5.91 Å². The van der Waals surface area contributed by atoms with Crippen molar-refractivity contribution < 1.29 is 61.4 Å². The monoisotopic (exact) mass is 890 g/mol. The summed E-state index contributed by atoms with van der Waals surface area (Å²) < 4.78 is 48.2. The molecule has 2 fully saturated rings. The Morgan fingerprint density at radius 1 is 0.871 bits per heavy atom. The van der Waals surface area contributed by atoms with Gasteiger partial charge in [0, 0.05) is 44.9 Å². The average molecular weight is 891 g/mol. The van der Waals surface area contributed by atoms with Crippen LogP contribution in [0.2, 0.25) is 0 Å². The summed E-state index contributed by atoms with van der Waals surface area (Å²) in [5.41, 5.74) is -1.38. The Morgan fingerprint density at radius 2 is 1.47 bits per heavy atom. The van der Waals surface area contributed by atoms with Crippen molar-refractivity contribution in [3.8, 4) is 11.4 Å². The van der Waals surface area contributed by atoms with E-state index in [1.807, 2.05) is 30.0 Å². The first-order valence-corrected chi connectivity index (χ1v) is 22.6. The minimum absolute atomic E-state index is 0.0318. The molecule has 3 heterocycles. The van der Waals surface area contributed by atoms with Crippen LogP contribution in [0.3, 0.4) is 0 Å². The van der Waals surface area contributed by atoms with E-state index in [-0.39, 0.29) is 50.4 Å². The summed E-state index contributed by atoms with van der Waals surface area (Å²) in [5.74, 6) is -2.14. The largest absolute Gasteiger partial charge is 0.527 e. The number of nitrogens with one attached hydrogen (secondary N) is 1. The summed E-state index contributed by atoms with van der Waals surface area (Å²) in [5, 5.41) is 4.08. The molecule has 2 amide bonds. The Hall–Kier alpha value is -4.68. The molecule has 2 aliphatic rings. The highest BCUT2D eigenvalue weighted by molar-refractivity contribution is 7.54. The Bertz CT molecular complexity index is 1860. The molecule has 1 N–H and O–H groups in total. The smallest absolute Gasteiger partial charge is 0.435 e.